The van der Waals surface area contributed by atoms with E-state index in [4.69, 9.17) is 5.26 Å². The lowest BCUT2D eigenvalue weighted by molar-refractivity contribution is 0.625. The Hall–Kier alpha value is -1.49. The minimum Gasteiger partial charge on any atom is -0.368 e. The summed E-state index contributed by atoms with van der Waals surface area (Å²) in [5.74, 6) is 0. The van der Waals surface area contributed by atoms with Crippen molar-refractivity contribution in [2.45, 2.75) is 46.1 Å². The second-order valence-corrected chi connectivity index (χ2v) is 4.62. The molecule has 0 radical (unpaired) electrons. The molecule has 0 atom stereocenters. The van der Waals surface area contributed by atoms with Crippen LogP contribution >= 0.6 is 0 Å². The average molecular weight is 230 g/mol. The van der Waals surface area contributed by atoms with Crippen LogP contribution in [0.4, 0.5) is 5.69 Å². The van der Waals surface area contributed by atoms with E-state index in [0.29, 0.717) is 6.04 Å². The number of benzene rings is 1. The maximum atomic E-state index is 9.14. The molecule has 0 spiro atoms. The van der Waals surface area contributed by atoms with E-state index in [-0.39, 0.29) is 0 Å². The molecule has 1 aromatic rings. The summed E-state index contributed by atoms with van der Waals surface area (Å²) in [4.78, 5) is 2.33. The fourth-order valence-electron chi connectivity index (χ4n) is 2.01. The van der Waals surface area contributed by atoms with Gasteiger partial charge in [0, 0.05) is 12.6 Å². The molecule has 0 saturated heterocycles. The summed E-state index contributed by atoms with van der Waals surface area (Å²) in [5, 5.41) is 9.14. The maximum absolute atomic E-state index is 9.14. The Kier molecular flexibility index (Phi) is 5.56. The second kappa shape index (κ2) is 6.96. The van der Waals surface area contributed by atoms with Crippen LogP contribution in [-0.2, 0) is 0 Å². The van der Waals surface area contributed by atoms with Crippen molar-refractivity contribution in [2.24, 2.45) is 0 Å². The van der Waals surface area contributed by atoms with Gasteiger partial charge in [0.2, 0.25) is 0 Å². The Labute approximate surface area is 105 Å². The Morgan fingerprint density at radius 3 is 2.53 bits per heavy atom. The number of hydrogen-bond acceptors (Lipinski definition) is 2. The summed E-state index contributed by atoms with van der Waals surface area (Å²) >= 11 is 0. The van der Waals surface area contributed by atoms with Gasteiger partial charge in [-0.15, -0.1) is 0 Å². The first kappa shape index (κ1) is 13.6. The zero-order valence-electron chi connectivity index (χ0n) is 11.1. The van der Waals surface area contributed by atoms with Crippen LogP contribution in [0.15, 0.2) is 24.3 Å². The summed E-state index contributed by atoms with van der Waals surface area (Å²) < 4.78 is 0. The summed E-state index contributed by atoms with van der Waals surface area (Å²) in [6, 6.07) is 10.6. The number of hydrogen-bond donors (Lipinski definition) is 0. The topological polar surface area (TPSA) is 27.0 Å². The van der Waals surface area contributed by atoms with Gasteiger partial charge < -0.3 is 4.90 Å². The molecule has 92 valence electrons. The first-order valence-electron chi connectivity index (χ1n) is 6.46. The molecule has 0 saturated carbocycles. The van der Waals surface area contributed by atoms with Crippen LogP contribution in [0.2, 0.25) is 0 Å². The highest BCUT2D eigenvalue weighted by molar-refractivity contribution is 5.59. The van der Waals surface area contributed by atoms with E-state index in [1.165, 1.54) is 19.3 Å². The van der Waals surface area contributed by atoms with Crippen molar-refractivity contribution in [3.05, 3.63) is 29.8 Å². The molecule has 17 heavy (non-hydrogen) atoms. The number of para-hydroxylation sites is 1. The number of nitriles is 1. The largest absolute Gasteiger partial charge is 0.368 e. The molecular weight excluding hydrogens is 208 g/mol. The summed E-state index contributed by atoms with van der Waals surface area (Å²) in [5.41, 5.74) is 1.85. The van der Waals surface area contributed by atoms with Gasteiger partial charge in [-0.05, 0) is 32.4 Å². The Balaban J connectivity index is 2.86. The molecule has 1 aromatic carbocycles. The van der Waals surface area contributed by atoms with Crippen molar-refractivity contribution in [3.63, 3.8) is 0 Å². The molecule has 0 amide bonds. The van der Waals surface area contributed by atoms with Crippen LogP contribution < -0.4 is 4.90 Å². The van der Waals surface area contributed by atoms with E-state index < -0.39 is 0 Å². The fourth-order valence-corrected chi connectivity index (χ4v) is 2.01. The van der Waals surface area contributed by atoms with E-state index in [2.05, 4.69) is 31.7 Å². The standard InChI is InChI=1S/C15H22N2/c1-4-5-8-11-17(13(2)3)15-10-7-6-9-14(15)12-16/h6-7,9-10,13H,4-5,8,11H2,1-3H3. The third kappa shape index (κ3) is 3.78. The Morgan fingerprint density at radius 2 is 1.94 bits per heavy atom. The molecule has 1 rings (SSSR count). The Bertz CT molecular complexity index is 377. The number of nitrogens with zero attached hydrogens (tertiary/aromatic N) is 2. The minimum atomic E-state index is 0.432. The van der Waals surface area contributed by atoms with Gasteiger partial charge >= 0.3 is 0 Å². The highest BCUT2D eigenvalue weighted by atomic mass is 15.1. The van der Waals surface area contributed by atoms with Crippen LogP contribution in [-0.4, -0.2) is 12.6 Å². The minimum absolute atomic E-state index is 0.432. The lowest BCUT2D eigenvalue weighted by atomic mass is 10.1. The second-order valence-electron chi connectivity index (χ2n) is 4.62. The maximum Gasteiger partial charge on any atom is 0.101 e. The molecule has 0 heterocycles. The predicted molar refractivity (Wildman–Crippen MR) is 73.2 cm³/mol. The van der Waals surface area contributed by atoms with Gasteiger partial charge in [0.15, 0.2) is 0 Å². The summed E-state index contributed by atoms with van der Waals surface area (Å²) in [7, 11) is 0. The van der Waals surface area contributed by atoms with Crippen LogP contribution in [0.3, 0.4) is 0 Å². The molecule has 0 N–H and O–H groups in total. The molecule has 0 fully saturated rings. The van der Waals surface area contributed by atoms with Crippen molar-refractivity contribution in [1.29, 1.82) is 5.26 Å². The van der Waals surface area contributed by atoms with Crippen LogP contribution in [0, 0.1) is 11.3 Å². The van der Waals surface area contributed by atoms with Gasteiger partial charge in [0.05, 0.1) is 11.3 Å². The van der Waals surface area contributed by atoms with E-state index in [1.807, 2.05) is 24.3 Å². The number of rotatable bonds is 6. The third-order valence-electron chi connectivity index (χ3n) is 2.96. The lowest BCUT2D eigenvalue weighted by Crippen LogP contribution is -2.32. The number of anilines is 1. The molecule has 0 aliphatic rings. The van der Waals surface area contributed by atoms with E-state index in [1.54, 1.807) is 0 Å². The quantitative estimate of drug-likeness (QED) is 0.691. The smallest absolute Gasteiger partial charge is 0.101 e. The highest BCUT2D eigenvalue weighted by Gasteiger charge is 2.13. The van der Waals surface area contributed by atoms with Gasteiger partial charge in [0.25, 0.3) is 0 Å². The van der Waals surface area contributed by atoms with E-state index >= 15 is 0 Å². The molecule has 2 heteroatoms. The molecule has 0 aliphatic heterocycles. The number of unbranched alkanes of at least 4 members (excludes halogenated alkanes) is 2. The van der Waals surface area contributed by atoms with Gasteiger partial charge in [-0.1, -0.05) is 31.9 Å². The normalized spacial score (nSPS) is 10.3. The SMILES string of the molecule is CCCCCN(c1ccccc1C#N)C(C)C. The van der Waals surface area contributed by atoms with Crippen LogP contribution in [0.5, 0.6) is 0 Å². The van der Waals surface area contributed by atoms with Crippen LogP contribution in [0.25, 0.3) is 0 Å². The first-order chi connectivity index (χ1) is 8.20. The van der Waals surface area contributed by atoms with E-state index in [9.17, 15) is 0 Å². The predicted octanol–water partition coefficient (Wildman–Crippen LogP) is 3.96. The lowest BCUT2D eigenvalue weighted by Gasteiger charge is -2.29. The summed E-state index contributed by atoms with van der Waals surface area (Å²) in [6.45, 7) is 7.60. The monoisotopic (exact) mass is 230 g/mol. The van der Waals surface area contributed by atoms with E-state index in [0.717, 1.165) is 17.8 Å². The van der Waals surface area contributed by atoms with Crippen molar-refractivity contribution in [1.82, 2.24) is 0 Å². The van der Waals surface area contributed by atoms with Gasteiger partial charge in [-0.3, -0.25) is 0 Å². The third-order valence-corrected chi connectivity index (χ3v) is 2.96. The molecular formula is C15H22N2. The molecule has 0 bridgehead atoms. The van der Waals surface area contributed by atoms with Gasteiger partial charge in [-0.25, -0.2) is 0 Å². The zero-order valence-corrected chi connectivity index (χ0v) is 11.1. The molecule has 2 nitrogen and oxygen atoms in total. The first-order valence-corrected chi connectivity index (χ1v) is 6.46. The zero-order chi connectivity index (χ0) is 12.7. The van der Waals surface area contributed by atoms with Crippen molar-refractivity contribution >= 4 is 5.69 Å². The molecule has 0 aliphatic carbocycles. The fraction of sp³-hybridized carbons (Fsp3) is 0.533. The molecule has 0 unspecified atom stereocenters. The van der Waals surface area contributed by atoms with Crippen molar-refractivity contribution in [3.8, 4) is 6.07 Å². The highest BCUT2D eigenvalue weighted by Crippen LogP contribution is 2.22. The summed E-state index contributed by atoms with van der Waals surface area (Å²) in [6.07, 6.45) is 3.66. The van der Waals surface area contributed by atoms with Crippen molar-refractivity contribution < 1.29 is 0 Å². The Morgan fingerprint density at radius 1 is 1.24 bits per heavy atom. The van der Waals surface area contributed by atoms with Crippen LogP contribution in [0.1, 0.15) is 45.6 Å². The average Bonchev–Trinajstić information content (AvgIpc) is 2.34. The van der Waals surface area contributed by atoms with Crippen molar-refractivity contribution in [2.75, 3.05) is 11.4 Å². The van der Waals surface area contributed by atoms with Gasteiger partial charge in [0.1, 0.15) is 6.07 Å². The molecule has 0 aromatic heterocycles. The van der Waals surface area contributed by atoms with Gasteiger partial charge in [-0.2, -0.15) is 5.26 Å².